The summed E-state index contributed by atoms with van der Waals surface area (Å²) in [5.41, 5.74) is 2.93. The van der Waals surface area contributed by atoms with Gasteiger partial charge in [-0.15, -0.1) is 11.3 Å². The Bertz CT molecular complexity index is 1090. The molecule has 0 bridgehead atoms. The first kappa shape index (κ1) is 23.2. The molecular formula is C25H27N3O3S. The van der Waals surface area contributed by atoms with Gasteiger partial charge >= 0.3 is 0 Å². The predicted octanol–water partition coefficient (Wildman–Crippen LogP) is 5.16. The van der Waals surface area contributed by atoms with Crippen LogP contribution in [0.1, 0.15) is 40.5 Å². The summed E-state index contributed by atoms with van der Waals surface area (Å²) in [5, 5.41) is 5.81. The Labute approximate surface area is 192 Å². The van der Waals surface area contributed by atoms with Crippen molar-refractivity contribution in [3.05, 3.63) is 81.8 Å². The highest BCUT2D eigenvalue weighted by atomic mass is 32.1. The number of amides is 2. The topological polar surface area (TPSA) is 71.5 Å². The molecule has 0 saturated carbocycles. The van der Waals surface area contributed by atoms with Crippen LogP contribution in [-0.2, 0) is 11.4 Å². The lowest BCUT2D eigenvalue weighted by Crippen LogP contribution is -2.30. The minimum atomic E-state index is -0.267. The van der Waals surface area contributed by atoms with Crippen LogP contribution in [0.2, 0.25) is 0 Å². The van der Waals surface area contributed by atoms with E-state index in [4.69, 9.17) is 4.74 Å². The normalized spacial score (nSPS) is 10.8. The van der Waals surface area contributed by atoms with Gasteiger partial charge < -0.3 is 15.0 Å². The minimum absolute atomic E-state index is 0.0473. The quantitative estimate of drug-likeness (QED) is 0.458. The Morgan fingerprint density at radius 1 is 1.12 bits per heavy atom. The van der Waals surface area contributed by atoms with Crippen molar-refractivity contribution in [2.24, 2.45) is 0 Å². The number of carbonyl (C=O) groups is 2. The molecule has 2 amide bonds. The van der Waals surface area contributed by atoms with Crippen LogP contribution < -0.4 is 10.1 Å². The molecule has 0 spiro atoms. The van der Waals surface area contributed by atoms with E-state index in [1.807, 2.05) is 50.4 Å². The number of benzene rings is 2. The Hall–Kier alpha value is -3.45. The second-order valence-corrected chi connectivity index (χ2v) is 8.16. The van der Waals surface area contributed by atoms with Gasteiger partial charge in [-0.3, -0.25) is 9.59 Å². The van der Waals surface area contributed by atoms with Gasteiger partial charge in [0.25, 0.3) is 5.91 Å². The van der Waals surface area contributed by atoms with Gasteiger partial charge in [-0.05, 0) is 62.7 Å². The molecule has 3 rings (SSSR count). The SMILES string of the molecule is CCN(CC)C(=O)c1cccc(NC(=O)/C=C/c2ccc(OCc3csc(C)n3)cc2)c1. The molecule has 32 heavy (non-hydrogen) atoms. The third kappa shape index (κ3) is 6.52. The first-order chi connectivity index (χ1) is 15.5. The summed E-state index contributed by atoms with van der Waals surface area (Å²) < 4.78 is 5.74. The van der Waals surface area contributed by atoms with E-state index in [1.54, 1.807) is 46.6 Å². The summed E-state index contributed by atoms with van der Waals surface area (Å²) in [6.45, 7) is 7.56. The van der Waals surface area contributed by atoms with Gasteiger partial charge in [0.05, 0.1) is 10.7 Å². The highest BCUT2D eigenvalue weighted by Crippen LogP contribution is 2.17. The second kappa shape index (κ2) is 11.2. The van der Waals surface area contributed by atoms with Crippen LogP contribution in [0.5, 0.6) is 5.75 Å². The number of ether oxygens (including phenoxy) is 1. The smallest absolute Gasteiger partial charge is 0.253 e. The first-order valence-electron chi connectivity index (χ1n) is 10.5. The standard InChI is InChI=1S/C25H27N3O3S/c1-4-28(5-2)25(30)20-7-6-8-21(15-20)27-24(29)14-11-19-9-12-23(13-10-19)31-16-22-17-32-18(3)26-22/h6-15,17H,4-5,16H2,1-3H3,(H,27,29)/b14-11+. The van der Waals surface area contributed by atoms with Gasteiger partial charge in [-0.2, -0.15) is 0 Å². The minimum Gasteiger partial charge on any atom is -0.487 e. The van der Waals surface area contributed by atoms with Gasteiger partial charge in [0.1, 0.15) is 12.4 Å². The van der Waals surface area contributed by atoms with Gasteiger partial charge in [0.2, 0.25) is 5.91 Å². The lowest BCUT2D eigenvalue weighted by molar-refractivity contribution is -0.111. The number of hydrogen-bond acceptors (Lipinski definition) is 5. The monoisotopic (exact) mass is 449 g/mol. The average molecular weight is 450 g/mol. The van der Waals surface area contributed by atoms with E-state index < -0.39 is 0 Å². The fourth-order valence-corrected chi connectivity index (χ4v) is 3.68. The highest BCUT2D eigenvalue weighted by Gasteiger charge is 2.12. The van der Waals surface area contributed by atoms with Crippen molar-refractivity contribution < 1.29 is 14.3 Å². The molecule has 7 heteroatoms. The number of aryl methyl sites for hydroxylation is 1. The molecule has 0 aliphatic rings. The van der Waals surface area contributed by atoms with Crippen LogP contribution in [0.4, 0.5) is 5.69 Å². The molecule has 0 atom stereocenters. The molecular weight excluding hydrogens is 422 g/mol. The van der Waals surface area contributed by atoms with Crippen molar-refractivity contribution in [1.82, 2.24) is 9.88 Å². The Morgan fingerprint density at radius 2 is 1.88 bits per heavy atom. The number of nitrogens with one attached hydrogen (secondary N) is 1. The molecule has 1 aromatic heterocycles. The molecule has 0 radical (unpaired) electrons. The maximum absolute atomic E-state index is 12.5. The number of nitrogens with zero attached hydrogens (tertiary/aromatic N) is 2. The molecule has 0 saturated heterocycles. The highest BCUT2D eigenvalue weighted by molar-refractivity contribution is 7.09. The Morgan fingerprint density at radius 3 is 2.53 bits per heavy atom. The molecule has 3 aromatic rings. The maximum Gasteiger partial charge on any atom is 0.253 e. The molecule has 0 aliphatic heterocycles. The van der Waals surface area contributed by atoms with Crippen molar-refractivity contribution in [3.8, 4) is 5.75 Å². The fraction of sp³-hybridized carbons (Fsp3) is 0.240. The summed E-state index contributed by atoms with van der Waals surface area (Å²) >= 11 is 1.60. The number of carbonyl (C=O) groups excluding carboxylic acids is 2. The van der Waals surface area contributed by atoms with Crippen molar-refractivity contribution in [1.29, 1.82) is 0 Å². The van der Waals surface area contributed by atoms with E-state index in [9.17, 15) is 9.59 Å². The van der Waals surface area contributed by atoms with Crippen LogP contribution in [0.3, 0.4) is 0 Å². The Kier molecular flexibility index (Phi) is 8.16. The first-order valence-corrected chi connectivity index (χ1v) is 11.4. The van der Waals surface area contributed by atoms with Crippen LogP contribution in [0.25, 0.3) is 6.08 Å². The van der Waals surface area contributed by atoms with Crippen LogP contribution in [-0.4, -0.2) is 34.8 Å². The van der Waals surface area contributed by atoms with Crippen LogP contribution >= 0.6 is 11.3 Å². The van der Waals surface area contributed by atoms with Crippen molar-refractivity contribution in [2.75, 3.05) is 18.4 Å². The van der Waals surface area contributed by atoms with Crippen LogP contribution in [0.15, 0.2) is 60.0 Å². The van der Waals surface area contributed by atoms with Gasteiger partial charge in [0.15, 0.2) is 0 Å². The fourth-order valence-electron chi connectivity index (χ4n) is 3.09. The summed E-state index contributed by atoms with van der Waals surface area (Å²) in [5.74, 6) is 0.428. The third-order valence-electron chi connectivity index (χ3n) is 4.79. The van der Waals surface area contributed by atoms with E-state index in [0.29, 0.717) is 30.9 Å². The summed E-state index contributed by atoms with van der Waals surface area (Å²) in [6.07, 6.45) is 3.20. The van der Waals surface area contributed by atoms with Crippen molar-refractivity contribution >= 4 is 34.9 Å². The molecule has 0 unspecified atom stereocenters. The van der Waals surface area contributed by atoms with Gasteiger partial charge in [-0.25, -0.2) is 4.98 Å². The number of aromatic nitrogens is 1. The molecule has 1 N–H and O–H groups in total. The van der Waals surface area contributed by atoms with E-state index in [2.05, 4.69) is 10.3 Å². The third-order valence-corrected chi connectivity index (χ3v) is 5.61. The van der Waals surface area contributed by atoms with Gasteiger partial charge in [-0.1, -0.05) is 18.2 Å². The maximum atomic E-state index is 12.5. The molecule has 1 heterocycles. The zero-order valence-electron chi connectivity index (χ0n) is 18.5. The summed E-state index contributed by atoms with van der Waals surface area (Å²) in [7, 11) is 0. The number of rotatable bonds is 9. The lowest BCUT2D eigenvalue weighted by Gasteiger charge is -2.18. The van der Waals surface area contributed by atoms with E-state index >= 15 is 0 Å². The van der Waals surface area contributed by atoms with Gasteiger partial charge in [0, 0.05) is 35.8 Å². The zero-order valence-corrected chi connectivity index (χ0v) is 19.3. The summed E-state index contributed by atoms with van der Waals surface area (Å²) in [6, 6.07) is 14.5. The van der Waals surface area contributed by atoms with Crippen molar-refractivity contribution in [2.45, 2.75) is 27.4 Å². The van der Waals surface area contributed by atoms with E-state index in [0.717, 1.165) is 22.0 Å². The molecule has 6 nitrogen and oxygen atoms in total. The predicted molar refractivity (Wildman–Crippen MR) is 129 cm³/mol. The Balaban J connectivity index is 1.55. The number of anilines is 1. The molecule has 0 fully saturated rings. The second-order valence-electron chi connectivity index (χ2n) is 7.10. The molecule has 2 aromatic carbocycles. The lowest BCUT2D eigenvalue weighted by atomic mass is 10.1. The zero-order chi connectivity index (χ0) is 22.9. The number of thiazole rings is 1. The van der Waals surface area contributed by atoms with E-state index in [1.165, 1.54) is 6.08 Å². The van der Waals surface area contributed by atoms with Crippen LogP contribution in [0, 0.1) is 6.92 Å². The summed E-state index contributed by atoms with van der Waals surface area (Å²) in [4.78, 5) is 30.9. The largest absolute Gasteiger partial charge is 0.487 e. The number of hydrogen-bond donors (Lipinski definition) is 1. The van der Waals surface area contributed by atoms with E-state index in [-0.39, 0.29) is 11.8 Å². The molecule has 166 valence electrons. The molecule has 0 aliphatic carbocycles. The van der Waals surface area contributed by atoms with Crippen molar-refractivity contribution in [3.63, 3.8) is 0 Å². The average Bonchev–Trinajstić information content (AvgIpc) is 3.23.